The van der Waals surface area contributed by atoms with Crippen molar-refractivity contribution < 1.29 is 4.39 Å². The van der Waals surface area contributed by atoms with Crippen LogP contribution in [0, 0.1) is 17.1 Å². The minimum atomic E-state index is -0.376. The number of aromatic nitrogens is 1. The number of pyridine rings is 1. The molecule has 0 aliphatic rings. The number of hydrogen-bond donors (Lipinski definition) is 1. The van der Waals surface area contributed by atoms with Gasteiger partial charge >= 0.3 is 0 Å². The summed E-state index contributed by atoms with van der Waals surface area (Å²) in [4.78, 5) is 13.7. The van der Waals surface area contributed by atoms with Crippen LogP contribution in [0.25, 0.3) is 11.1 Å². The van der Waals surface area contributed by atoms with Crippen molar-refractivity contribution in [2.75, 3.05) is 0 Å². The molecule has 0 radical (unpaired) electrons. The molecule has 0 fully saturated rings. The normalized spacial score (nSPS) is 9.88. The Morgan fingerprint density at radius 2 is 2.06 bits per heavy atom. The number of nitrogens with zero attached hydrogens (tertiary/aromatic N) is 1. The largest absolute Gasteiger partial charge is 0.328 e. The second-order valence-corrected chi connectivity index (χ2v) is 3.55. The van der Waals surface area contributed by atoms with E-state index in [9.17, 15) is 9.18 Å². The van der Waals surface area contributed by atoms with E-state index in [-0.39, 0.29) is 17.8 Å². The van der Waals surface area contributed by atoms with Crippen LogP contribution in [0.15, 0.2) is 41.3 Å². The number of rotatable bonds is 2. The van der Waals surface area contributed by atoms with Gasteiger partial charge in [-0.2, -0.15) is 5.26 Å². The van der Waals surface area contributed by atoms with Crippen molar-refractivity contribution >= 4 is 0 Å². The Morgan fingerprint density at radius 3 is 2.76 bits per heavy atom. The van der Waals surface area contributed by atoms with Crippen LogP contribution in [0.5, 0.6) is 0 Å². The molecular weight excluding hydrogens is 219 g/mol. The molecule has 1 N–H and O–H groups in total. The highest BCUT2D eigenvalue weighted by molar-refractivity contribution is 5.67. The lowest BCUT2D eigenvalue weighted by molar-refractivity contribution is 0.631. The zero-order chi connectivity index (χ0) is 12.3. The fourth-order valence-electron chi connectivity index (χ4n) is 1.68. The van der Waals surface area contributed by atoms with E-state index in [1.165, 1.54) is 18.3 Å². The van der Waals surface area contributed by atoms with E-state index >= 15 is 0 Å². The first-order valence-corrected chi connectivity index (χ1v) is 5.06. The molecule has 0 aliphatic carbocycles. The average Bonchev–Trinajstić information content (AvgIpc) is 2.31. The molecule has 0 saturated heterocycles. The number of aromatic amines is 1. The van der Waals surface area contributed by atoms with Gasteiger partial charge in [-0.3, -0.25) is 4.79 Å². The van der Waals surface area contributed by atoms with Gasteiger partial charge in [-0.05, 0) is 11.6 Å². The summed E-state index contributed by atoms with van der Waals surface area (Å²) in [7, 11) is 0. The Balaban J connectivity index is 2.64. The highest BCUT2D eigenvalue weighted by Gasteiger charge is 2.09. The molecule has 0 atom stereocenters. The van der Waals surface area contributed by atoms with Crippen LogP contribution in [-0.2, 0) is 6.42 Å². The molecule has 2 aromatic rings. The Morgan fingerprint density at radius 1 is 1.29 bits per heavy atom. The highest BCUT2D eigenvalue weighted by atomic mass is 19.1. The van der Waals surface area contributed by atoms with Gasteiger partial charge < -0.3 is 4.98 Å². The van der Waals surface area contributed by atoms with E-state index in [0.29, 0.717) is 16.7 Å². The van der Waals surface area contributed by atoms with E-state index in [4.69, 9.17) is 5.26 Å². The van der Waals surface area contributed by atoms with Gasteiger partial charge in [0.15, 0.2) is 0 Å². The maximum Gasteiger partial charge on any atom is 0.248 e. The Hall–Kier alpha value is -2.41. The quantitative estimate of drug-likeness (QED) is 0.857. The molecule has 0 spiro atoms. The van der Waals surface area contributed by atoms with Crippen LogP contribution >= 0.6 is 0 Å². The number of benzene rings is 1. The van der Waals surface area contributed by atoms with E-state index in [1.807, 2.05) is 6.07 Å². The number of H-pyrrole nitrogens is 1. The Labute approximate surface area is 97.2 Å². The summed E-state index contributed by atoms with van der Waals surface area (Å²) in [5, 5.41) is 8.70. The van der Waals surface area contributed by atoms with E-state index < -0.39 is 0 Å². The minimum Gasteiger partial charge on any atom is -0.328 e. The molecule has 84 valence electrons. The van der Waals surface area contributed by atoms with Crippen LogP contribution < -0.4 is 5.56 Å². The van der Waals surface area contributed by atoms with Crippen molar-refractivity contribution in [3.8, 4) is 17.2 Å². The van der Waals surface area contributed by atoms with Crippen LogP contribution in [0.4, 0.5) is 4.39 Å². The van der Waals surface area contributed by atoms with Gasteiger partial charge in [0.05, 0.1) is 12.5 Å². The summed E-state index contributed by atoms with van der Waals surface area (Å²) in [6.45, 7) is 0. The van der Waals surface area contributed by atoms with Crippen molar-refractivity contribution in [1.29, 1.82) is 5.26 Å². The third-order valence-corrected chi connectivity index (χ3v) is 2.44. The van der Waals surface area contributed by atoms with Crippen molar-refractivity contribution in [2.24, 2.45) is 0 Å². The van der Waals surface area contributed by atoms with Crippen LogP contribution in [0.1, 0.15) is 5.56 Å². The van der Waals surface area contributed by atoms with Crippen molar-refractivity contribution in [3.05, 3.63) is 58.3 Å². The summed E-state index contributed by atoms with van der Waals surface area (Å²) in [6.07, 6.45) is 1.51. The number of hydrogen-bond acceptors (Lipinski definition) is 2. The van der Waals surface area contributed by atoms with Gasteiger partial charge in [0.25, 0.3) is 0 Å². The van der Waals surface area contributed by atoms with Gasteiger partial charge in [-0.1, -0.05) is 18.2 Å². The first-order valence-electron chi connectivity index (χ1n) is 5.06. The molecule has 0 unspecified atom stereocenters. The lowest BCUT2D eigenvalue weighted by Gasteiger charge is -2.07. The SMILES string of the molecule is N#CCc1cc(=O)[nH]cc1-c1ccccc1F. The Bertz CT molecular complexity index is 640. The van der Waals surface area contributed by atoms with Gasteiger partial charge in [0, 0.05) is 23.4 Å². The molecule has 1 heterocycles. The van der Waals surface area contributed by atoms with Gasteiger partial charge in [-0.15, -0.1) is 0 Å². The highest BCUT2D eigenvalue weighted by Crippen LogP contribution is 2.24. The second kappa shape index (κ2) is 4.62. The number of halogens is 1. The van der Waals surface area contributed by atoms with E-state index in [0.717, 1.165) is 0 Å². The standard InChI is InChI=1S/C13H9FN2O/c14-12-4-2-1-3-10(12)11-8-16-13(17)7-9(11)5-6-15/h1-4,7-8H,5H2,(H,16,17). The summed E-state index contributed by atoms with van der Waals surface area (Å²) in [6, 6.07) is 9.55. The van der Waals surface area contributed by atoms with Gasteiger partial charge in [0.2, 0.25) is 5.56 Å². The second-order valence-electron chi connectivity index (χ2n) is 3.55. The third kappa shape index (κ3) is 2.23. The summed E-state index contributed by atoms with van der Waals surface area (Å²) >= 11 is 0. The third-order valence-electron chi connectivity index (χ3n) is 2.44. The molecule has 0 bridgehead atoms. The lowest BCUT2D eigenvalue weighted by Crippen LogP contribution is -2.06. The fraction of sp³-hybridized carbons (Fsp3) is 0.0769. The van der Waals surface area contributed by atoms with E-state index in [2.05, 4.69) is 4.98 Å². The predicted octanol–water partition coefficient (Wildman–Crippen LogP) is 2.25. The van der Waals surface area contributed by atoms with Crippen molar-refractivity contribution in [2.45, 2.75) is 6.42 Å². The van der Waals surface area contributed by atoms with Crippen molar-refractivity contribution in [1.82, 2.24) is 4.98 Å². The minimum absolute atomic E-state index is 0.0770. The number of nitriles is 1. The monoisotopic (exact) mass is 228 g/mol. The smallest absolute Gasteiger partial charge is 0.248 e. The van der Waals surface area contributed by atoms with Gasteiger partial charge in [0.1, 0.15) is 5.82 Å². The molecule has 3 nitrogen and oxygen atoms in total. The summed E-state index contributed by atoms with van der Waals surface area (Å²) < 4.78 is 13.6. The molecule has 1 aromatic carbocycles. The molecular formula is C13H9FN2O. The van der Waals surface area contributed by atoms with Crippen LogP contribution in [0.2, 0.25) is 0 Å². The van der Waals surface area contributed by atoms with Crippen LogP contribution in [-0.4, -0.2) is 4.98 Å². The first kappa shape index (κ1) is 11.1. The molecule has 4 heteroatoms. The van der Waals surface area contributed by atoms with E-state index in [1.54, 1.807) is 18.2 Å². The lowest BCUT2D eigenvalue weighted by atomic mass is 10.00. The van der Waals surface area contributed by atoms with Crippen LogP contribution in [0.3, 0.4) is 0 Å². The van der Waals surface area contributed by atoms with Crippen molar-refractivity contribution in [3.63, 3.8) is 0 Å². The molecule has 17 heavy (non-hydrogen) atoms. The number of nitrogens with one attached hydrogen (secondary N) is 1. The fourth-order valence-corrected chi connectivity index (χ4v) is 1.68. The zero-order valence-electron chi connectivity index (χ0n) is 8.90. The molecule has 0 saturated carbocycles. The molecule has 2 rings (SSSR count). The Kier molecular flexibility index (Phi) is 3.01. The zero-order valence-corrected chi connectivity index (χ0v) is 8.90. The maximum atomic E-state index is 13.6. The average molecular weight is 228 g/mol. The summed E-state index contributed by atoms with van der Waals surface area (Å²) in [5.74, 6) is -0.376. The molecule has 0 amide bonds. The predicted molar refractivity (Wildman–Crippen MR) is 61.8 cm³/mol. The van der Waals surface area contributed by atoms with Gasteiger partial charge in [-0.25, -0.2) is 4.39 Å². The topological polar surface area (TPSA) is 56.6 Å². The maximum absolute atomic E-state index is 13.6. The first-order chi connectivity index (χ1) is 8.22. The summed E-state index contributed by atoms with van der Waals surface area (Å²) in [5.41, 5.74) is 1.16. The molecule has 0 aliphatic heterocycles. The molecule has 1 aromatic heterocycles.